The van der Waals surface area contributed by atoms with Gasteiger partial charge in [0.1, 0.15) is 0 Å². The Morgan fingerprint density at radius 2 is 1.92 bits per heavy atom. The van der Waals surface area contributed by atoms with Crippen LogP contribution in [0.15, 0.2) is 24.3 Å². The molecule has 2 N–H and O–H groups in total. The first-order chi connectivity index (χ1) is 6.36. The zero-order valence-corrected chi connectivity index (χ0v) is 8.35. The van der Waals surface area contributed by atoms with Gasteiger partial charge in [0.25, 0.3) is 0 Å². The van der Waals surface area contributed by atoms with Crippen molar-refractivity contribution in [1.82, 2.24) is 0 Å². The topological polar surface area (TPSA) is 26.0 Å². The van der Waals surface area contributed by atoms with Crippen LogP contribution in [0.2, 0.25) is 0 Å². The monoisotopic (exact) mass is 191 g/mol. The molecule has 0 aliphatic rings. The van der Waals surface area contributed by atoms with Gasteiger partial charge in [-0.1, -0.05) is 24.0 Å². The lowest BCUT2D eigenvalue weighted by atomic mass is 10.1. The van der Waals surface area contributed by atoms with Gasteiger partial charge in [0, 0.05) is 5.56 Å². The molecular weight excluding hydrogens is 178 g/mol. The fourth-order valence-corrected chi connectivity index (χ4v) is 1.14. The molecular formula is C11H13NS. The van der Waals surface area contributed by atoms with Crippen molar-refractivity contribution in [1.29, 1.82) is 0 Å². The maximum Gasteiger partial charge on any atom is 0.0521 e. The van der Waals surface area contributed by atoms with Crippen LogP contribution < -0.4 is 5.73 Å². The number of benzene rings is 1. The average molecular weight is 191 g/mol. The van der Waals surface area contributed by atoms with Crippen LogP contribution >= 0.6 is 12.6 Å². The Bertz CT molecular complexity index is 305. The maximum absolute atomic E-state index is 5.44. The van der Waals surface area contributed by atoms with Gasteiger partial charge in [0.15, 0.2) is 0 Å². The Kier molecular flexibility index (Phi) is 4.45. The predicted molar refractivity (Wildman–Crippen MR) is 59.9 cm³/mol. The minimum absolute atomic E-state index is 0.602. The highest BCUT2D eigenvalue weighted by molar-refractivity contribution is 7.80. The molecule has 0 heterocycles. The van der Waals surface area contributed by atoms with Gasteiger partial charge in [-0.25, -0.2) is 0 Å². The third-order valence-electron chi connectivity index (χ3n) is 1.70. The molecule has 0 aliphatic heterocycles. The summed E-state index contributed by atoms with van der Waals surface area (Å²) < 4.78 is 0. The molecule has 2 heteroatoms. The van der Waals surface area contributed by atoms with E-state index in [1.54, 1.807) is 0 Å². The van der Waals surface area contributed by atoms with Crippen LogP contribution in [0.25, 0.3) is 0 Å². The molecule has 68 valence electrons. The van der Waals surface area contributed by atoms with Gasteiger partial charge < -0.3 is 5.73 Å². The van der Waals surface area contributed by atoms with Crippen LogP contribution in [-0.2, 0) is 6.42 Å². The van der Waals surface area contributed by atoms with Crippen LogP contribution in [0.3, 0.4) is 0 Å². The third kappa shape index (κ3) is 3.54. The van der Waals surface area contributed by atoms with Gasteiger partial charge in [-0.05, 0) is 30.7 Å². The fraction of sp³-hybridized carbons (Fsp3) is 0.273. The van der Waals surface area contributed by atoms with Crippen LogP contribution in [0.1, 0.15) is 11.1 Å². The molecule has 0 unspecified atom stereocenters. The highest BCUT2D eigenvalue weighted by Crippen LogP contribution is 2.03. The molecule has 0 saturated carbocycles. The summed E-state index contributed by atoms with van der Waals surface area (Å²) in [6.07, 6.45) is 0.931. The van der Waals surface area contributed by atoms with Gasteiger partial charge in [-0.2, -0.15) is 12.6 Å². The van der Waals surface area contributed by atoms with E-state index >= 15 is 0 Å². The molecule has 0 fully saturated rings. The summed E-state index contributed by atoms with van der Waals surface area (Å²) in [5.41, 5.74) is 7.74. The number of hydrogen-bond acceptors (Lipinski definition) is 2. The zero-order valence-electron chi connectivity index (χ0n) is 7.46. The van der Waals surface area contributed by atoms with Crippen molar-refractivity contribution in [2.24, 2.45) is 5.73 Å². The molecule has 0 aromatic heterocycles. The Morgan fingerprint density at radius 3 is 2.46 bits per heavy atom. The summed E-state index contributed by atoms with van der Waals surface area (Å²) in [5.74, 6) is 6.51. The van der Waals surface area contributed by atoms with Crippen molar-refractivity contribution < 1.29 is 0 Å². The SMILES string of the molecule is NCCc1ccc(C#CCS)cc1. The van der Waals surface area contributed by atoms with E-state index < -0.39 is 0 Å². The number of thiol groups is 1. The molecule has 1 aromatic carbocycles. The highest BCUT2D eigenvalue weighted by Gasteiger charge is 1.90. The molecule has 0 atom stereocenters. The molecule has 1 rings (SSSR count). The first kappa shape index (κ1) is 10.2. The van der Waals surface area contributed by atoms with Gasteiger partial charge in [0.05, 0.1) is 5.75 Å². The quantitative estimate of drug-likeness (QED) is 0.537. The largest absolute Gasteiger partial charge is 0.330 e. The van der Waals surface area contributed by atoms with Crippen molar-refractivity contribution in [2.75, 3.05) is 12.3 Å². The lowest BCUT2D eigenvalue weighted by Gasteiger charge is -1.97. The van der Waals surface area contributed by atoms with E-state index in [9.17, 15) is 0 Å². The molecule has 0 saturated heterocycles. The maximum atomic E-state index is 5.44. The Morgan fingerprint density at radius 1 is 1.23 bits per heavy atom. The average Bonchev–Trinajstić information content (AvgIpc) is 2.17. The summed E-state index contributed by atoms with van der Waals surface area (Å²) in [6, 6.07) is 8.16. The summed E-state index contributed by atoms with van der Waals surface area (Å²) in [7, 11) is 0. The number of hydrogen-bond donors (Lipinski definition) is 2. The predicted octanol–water partition coefficient (Wildman–Crippen LogP) is 1.47. The van der Waals surface area contributed by atoms with Crippen LogP contribution in [-0.4, -0.2) is 12.3 Å². The summed E-state index contributed by atoms with van der Waals surface area (Å²) >= 11 is 4.01. The Hall–Kier alpha value is -0.910. The zero-order chi connectivity index (χ0) is 9.52. The van der Waals surface area contributed by atoms with Crippen LogP contribution in [0, 0.1) is 11.8 Å². The van der Waals surface area contributed by atoms with Crippen molar-refractivity contribution in [3.05, 3.63) is 35.4 Å². The second-order valence-corrected chi connectivity index (χ2v) is 3.01. The van der Waals surface area contributed by atoms with Crippen molar-refractivity contribution in [3.8, 4) is 11.8 Å². The van der Waals surface area contributed by atoms with E-state index in [0.717, 1.165) is 12.0 Å². The van der Waals surface area contributed by atoms with E-state index in [1.807, 2.05) is 12.1 Å². The molecule has 1 nitrogen and oxygen atoms in total. The Balaban J connectivity index is 2.69. The standard InChI is InChI=1S/C11H13NS/c12-8-7-11-5-3-10(4-6-11)2-1-9-13/h3-6,13H,7-9,12H2. The molecule has 0 aliphatic carbocycles. The molecule has 0 bridgehead atoms. The van der Waals surface area contributed by atoms with Gasteiger partial charge in [0.2, 0.25) is 0 Å². The minimum Gasteiger partial charge on any atom is -0.330 e. The molecule has 13 heavy (non-hydrogen) atoms. The Labute approximate surface area is 84.8 Å². The van der Waals surface area contributed by atoms with Gasteiger partial charge in [-0.15, -0.1) is 0 Å². The number of nitrogens with two attached hydrogens (primary N) is 1. The van der Waals surface area contributed by atoms with Crippen molar-refractivity contribution in [3.63, 3.8) is 0 Å². The van der Waals surface area contributed by atoms with E-state index in [2.05, 4.69) is 36.6 Å². The highest BCUT2D eigenvalue weighted by atomic mass is 32.1. The van der Waals surface area contributed by atoms with Gasteiger partial charge >= 0.3 is 0 Å². The van der Waals surface area contributed by atoms with Crippen molar-refractivity contribution >= 4 is 12.6 Å². The van der Waals surface area contributed by atoms with Gasteiger partial charge in [-0.3, -0.25) is 0 Å². The van der Waals surface area contributed by atoms with Crippen molar-refractivity contribution in [2.45, 2.75) is 6.42 Å². The molecule has 1 aromatic rings. The fourth-order valence-electron chi connectivity index (χ4n) is 1.06. The third-order valence-corrected chi connectivity index (χ3v) is 1.86. The van der Waals surface area contributed by atoms with E-state index in [-0.39, 0.29) is 0 Å². The normalized spacial score (nSPS) is 9.08. The second kappa shape index (κ2) is 5.69. The minimum atomic E-state index is 0.602. The molecule has 0 radical (unpaired) electrons. The summed E-state index contributed by atoms with van der Waals surface area (Å²) in [5, 5.41) is 0. The van der Waals surface area contributed by atoms with E-state index in [1.165, 1.54) is 5.56 Å². The molecule has 0 amide bonds. The second-order valence-electron chi connectivity index (χ2n) is 2.70. The lowest BCUT2D eigenvalue weighted by molar-refractivity contribution is 0.969. The lowest BCUT2D eigenvalue weighted by Crippen LogP contribution is -2.02. The van der Waals surface area contributed by atoms with E-state index in [4.69, 9.17) is 5.73 Å². The number of rotatable bonds is 2. The van der Waals surface area contributed by atoms with Crippen LogP contribution in [0.4, 0.5) is 0 Å². The molecule has 0 spiro atoms. The van der Waals surface area contributed by atoms with Crippen LogP contribution in [0.5, 0.6) is 0 Å². The smallest absolute Gasteiger partial charge is 0.0521 e. The summed E-state index contributed by atoms with van der Waals surface area (Å²) in [4.78, 5) is 0. The first-order valence-corrected chi connectivity index (χ1v) is 4.89. The first-order valence-electron chi connectivity index (χ1n) is 4.25. The van der Waals surface area contributed by atoms with E-state index in [0.29, 0.717) is 12.3 Å². The summed E-state index contributed by atoms with van der Waals surface area (Å²) in [6.45, 7) is 0.696.